The first-order valence-corrected chi connectivity index (χ1v) is 8.78. The topological polar surface area (TPSA) is 58.6 Å². The molecule has 118 valence electrons. The number of hydrogen-bond donors (Lipinski definition) is 3. The zero-order valence-corrected chi connectivity index (χ0v) is 13.9. The van der Waals surface area contributed by atoms with Gasteiger partial charge in [0.15, 0.2) is 0 Å². The number of benzene rings is 1. The van der Waals surface area contributed by atoms with Gasteiger partial charge in [0.25, 0.3) is 0 Å². The fourth-order valence-electron chi connectivity index (χ4n) is 1.78. The van der Waals surface area contributed by atoms with Gasteiger partial charge < -0.3 is 9.94 Å². The monoisotopic (exact) mass is 329 g/mol. The van der Waals surface area contributed by atoms with Crippen LogP contribution in [-0.4, -0.2) is 41.0 Å². The number of aliphatic carboxylic acids is 1. The SMILES string of the molecule is CCSC[C@H](NOCC(CS)Cc1ccccc1)C(=O)O. The number of nitrogens with one attached hydrogen (secondary N) is 1. The minimum Gasteiger partial charge on any atom is -0.480 e. The number of thiol groups is 1. The molecule has 0 aliphatic rings. The van der Waals surface area contributed by atoms with E-state index in [4.69, 9.17) is 9.94 Å². The van der Waals surface area contributed by atoms with Crippen LogP contribution in [-0.2, 0) is 16.1 Å². The summed E-state index contributed by atoms with van der Waals surface area (Å²) in [5, 5.41) is 9.09. The van der Waals surface area contributed by atoms with Crippen molar-refractivity contribution in [3.8, 4) is 0 Å². The summed E-state index contributed by atoms with van der Waals surface area (Å²) in [6.07, 6.45) is 0.869. The van der Waals surface area contributed by atoms with Crippen molar-refractivity contribution in [2.75, 3.05) is 23.9 Å². The van der Waals surface area contributed by atoms with Crippen LogP contribution in [0, 0.1) is 5.92 Å². The smallest absolute Gasteiger partial charge is 0.323 e. The van der Waals surface area contributed by atoms with Crippen molar-refractivity contribution < 1.29 is 14.7 Å². The lowest BCUT2D eigenvalue weighted by atomic mass is 10.0. The number of hydrogen-bond acceptors (Lipinski definition) is 5. The van der Waals surface area contributed by atoms with Crippen LogP contribution >= 0.6 is 24.4 Å². The fraction of sp³-hybridized carbons (Fsp3) is 0.533. The lowest BCUT2D eigenvalue weighted by Crippen LogP contribution is -2.40. The summed E-state index contributed by atoms with van der Waals surface area (Å²) >= 11 is 5.91. The Labute approximate surface area is 136 Å². The molecular formula is C15H23NO3S2. The van der Waals surface area contributed by atoms with E-state index in [1.165, 1.54) is 5.56 Å². The van der Waals surface area contributed by atoms with Crippen LogP contribution in [0.25, 0.3) is 0 Å². The van der Waals surface area contributed by atoms with Gasteiger partial charge in [-0.25, -0.2) is 0 Å². The van der Waals surface area contributed by atoms with Crippen LogP contribution in [0.1, 0.15) is 12.5 Å². The molecule has 0 bridgehead atoms. The molecule has 0 amide bonds. The van der Waals surface area contributed by atoms with Crippen molar-refractivity contribution >= 4 is 30.4 Å². The molecule has 1 rings (SSSR count). The molecular weight excluding hydrogens is 306 g/mol. The summed E-state index contributed by atoms with van der Waals surface area (Å²) < 4.78 is 0. The Morgan fingerprint density at radius 2 is 2.14 bits per heavy atom. The first kappa shape index (κ1) is 18.4. The van der Waals surface area contributed by atoms with Crippen molar-refractivity contribution in [1.82, 2.24) is 5.48 Å². The number of thioether (sulfide) groups is 1. The Bertz CT molecular complexity index is 403. The van der Waals surface area contributed by atoms with Gasteiger partial charge in [-0.2, -0.15) is 29.9 Å². The van der Waals surface area contributed by atoms with Crippen LogP contribution in [0.4, 0.5) is 0 Å². The van der Waals surface area contributed by atoms with Crippen molar-refractivity contribution in [2.45, 2.75) is 19.4 Å². The molecule has 0 heterocycles. The van der Waals surface area contributed by atoms with E-state index >= 15 is 0 Å². The first-order valence-electron chi connectivity index (χ1n) is 7.00. The van der Waals surface area contributed by atoms with Crippen molar-refractivity contribution in [1.29, 1.82) is 0 Å². The van der Waals surface area contributed by atoms with E-state index in [9.17, 15) is 4.79 Å². The standard InChI is InChI=1S/C15H23NO3S2/c1-2-21-11-14(15(17)18)16-19-9-13(10-20)8-12-6-4-3-5-7-12/h3-7,13-14,16,20H,2,8-11H2,1H3,(H,17,18)/t13?,14-/m0/s1. The Hall–Kier alpha value is -0.690. The molecule has 1 unspecified atom stereocenters. The molecule has 0 spiro atoms. The second kappa shape index (κ2) is 11.0. The Morgan fingerprint density at radius 1 is 1.43 bits per heavy atom. The zero-order valence-electron chi connectivity index (χ0n) is 12.2. The van der Waals surface area contributed by atoms with Crippen LogP contribution in [0.3, 0.4) is 0 Å². The molecule has 0 radical (unpaired) electrons. The summed E-state index contributed by atoms with van der Waals surface area (Å²) in [5.74, 6) is 1.44. The number of carboxylic acid groups (broad SMARTS) is 1. The second-order valence-corrected chi connectivity index (χ2v) is 6.40. The van der Waals surface area contributed by atoms with Crippen LogP contribution < -0.4 is 5.48 Å². The van der Waals surface area contributed by atoms with Gasteiger partial charge in [-0.3, -0.25) is 4.79 Å². The molecule has 2 N–H and O–H groups in total. The predicted octanol–water partition coefficient (Wildman–Crippen LogP) is 2.50. The third kappa shape index (κ3) is 7.76. The van der Waals surface area contributed by atoms with Gasteiger partial charge >= 0.3 is 5.97 Å². The van der Waals surface area contributed by atoms with Crippen LogP contribution in [0.5, 0.6) is 0 Å². The molecule has 21 heavy (non-hydrogen) atoms. The average Bonchev–Trinajstić information content (AvgIpc) is 2.50. The highest BCUT2D eigenvalue weighted by Crippen LogP contribution is 2.11. The highest BCUT2D eigenvalue weighted by Gasteiger charge is 2.18. The first-order chi connectivity index (χ1) is 10.2. The Kier molecular flexibility index (Phi) is 9.58. The normalized spacial score (nSPS) is 13.8. The van der Waals surface area contributed by atoms with Gasteiger partial charge in [0.05, 0.1) is 6.61 Å². The van der Waals surface area contributed by atoms with E-state index in [0.717, 1.165) is 12.2 Å². The molecule has 0 aliphatic heterocycles. The number of rotatable bonds is 11. The largest absolute Gasteiger partial charge is 0.480 e. The van der Waals surface area contributed by atoms with E-state index in [1.54, 1.807) is 11.8 Å². The molecule has 4 nitrogen and oxygen atoms in total. The van der Waals surface area contributed by atoms with Crippen molar-refractivity contribution in [2.24, 2.45) is 5.92 Å². The maximum absolute atomic E-state index is 11.1. The third-order valence-corrected chi connectivity index (χ3v) is 4.45. The molecule has 0 aromatic heterocycles. The zero-order chi connectivity index (χ0) is 15.5. The molecule has 0 aliphatic carbocycles. The summed E-state index contributed by atoms with van der Waals surface area (Å²) in [6.45, 7) is 2.44. The van der Waals surface area contributed by atoms with Gasteiger partial charge in [-0.15, -0.1) is 0 Å². The summed E-state index contributed by atoms with van der Waals surface area (Å²) in [5.41, 5.74) is 3.88. The molecule has 0 saturated carbocycles. The minimum atomic E-state index is -0.888. The Balaban J connectivity index is 2.35. The van der Waals surface area contributed by atoms with E-state index in [0.29, 0.717) is 18.1 Å². The van der Waals surface area contributed by atoms with Crippen molar-refractivity contribution in [3.05, 3.63) is 35.9 Å². The molecule has 2 atom stereocenters. The summed E-state index contributed by atoms with van der Waals surface area (Å²) in [7, 11) is 0. The summed E-state index contributed by atoms with van der Waals surface area (Å²) in [4.78, 5) is 16.5. The van der Waals surface area contributed by atoms with Crippen LogP contribution in [0.15, 0.2) is 30.3 Å². The average molecular weight is 329 g/mol. The maximum atomic E-state index is 11.1. The predicted molar refractivity (Wildman–Crippen MR) is 91.0 cm³/mol. The lowest BCUT2D eigenvalue weighted by Gasteiger charge is -2.18. The van der Waals surface area contributed by atoms with Crippen molar-refractivity contribution in [3.63, 3.8) is 0 Å². The molecule has 1 aromatic rings. The van der Waals surface area contributed by atoms with Gasteiger partial charge in [-0.05, 0) is 29.4 Å². The minimum absolute atomic E-state index is 0.247. The van der Waals surface area contributed by atoms with Gasteiger partial charge in [-0.1, -0.05) is 37.3 Å². The van der Waals surface area contributed by atoms with Gasteiger partial charge in [0, 0.05) is 5.75 Å². The van der Waals surface area contributed by atoms with E-state index in [2.05, 4.69) is 30.2 Å². The highest BCUT2D eigenvalue weighted by molar-refractivity contribution is 7.99. The Morgan fingerprint density at radius 3 is 2.71 bits per heavy atom. The highest BCUT2D eigenvalue weighted by atomic mass is 32.2. The quantitative estimate of drug-likeness (QED) is 0.430. The second-order valence-electron chi connectivity index (χ2n) is 4.72. The van der Waals surface area contributed by atoms with Gasteiger partial charge in [0.1, 0.15) is 6.04 Å². The number of carbonyl (C=O) groups is 1. The number of hydroxylamine groups is 1. The van der Waals surface area contributed by atoms with Gasteiger partial charge in [0.2, 0.25) is 0 Å². The molecule has 6 heteroatoms. The lowest BCUT2D eigenvalue weighted by molar-refractivity contribution is -0.143. The van der Waals surface area contributed by atoms with Crippen LogP contribution in [0.2, 0.25) is 0 Å². The summed E-state index contributed by atoms with van der Waals surface area (Å²) in [6, 6.07) is 9.47. The number of carboxylic acids is 1. The van der Waals surface area contributed by atoms with E-state index in [-0.39, 0.29) is 5.92 Å². The molecule has 0 saturated heterocycles. The van der Waals surface area contributed by atoms with E-state index < -0.39 is 12.0 Å². The maximum Gasteiger partial charge on any atom is 0.323 e. The molecule has 1 aromatic carbocycles. The fourth-order valence-corrected chi connectivity index (χ4v) is 2.70. The third-order valence-electron chi connectivity index (χ3n) is 2.96. The van der Waals surface area contributed by atoms with E-state index in [1.807, 2.05) is 25.1 Å². The molecule has 0 fully saturated rings.